The number of carbonyl (C=O) groups is 2. The van der Waals surface area contributed by atoms with E-state index in [0.717, 1.165) is 21.8 Å². The Bertz CT molecular complexity index is 1800. The summed E-state index contributed by atoms with van der Waals surface area (Å²) in [5.41, 5.74) is 10.9. The van der Waals surface area contributed by atoms with Crippen LogP contribution in [0.5, 0.6) is 6.01 Å². The van der Waals surface area contributed by atoms with Crippen LogP contribution in [0, 0.1) is 10.1 Å². The highest BCUT2D eigenvalue weighted by Crippen LogP contribution is 2.29. The van der Waals surface area contributed by atoms with Gasteiger partial charge in [0.25, 0.3) is 11.1 Å². The Hall–Kier alpha value is -5.94. The van der Waals surface area contributed by atoms with Crippen LogP contribution in [0.2, 0.25) is 0 Å². The third kappa shape index (κ3) is 10.0. The van der Waals surface area contributed by atoms with Crippen molar-refractivity contribution in [2.24, 2.45) is 16.7 Å². The van der Waals surface area contributed by atoms with Crippen molar-refractivity contribution >= 4 is 29.0 Å². The van der Waals surface area contributed by atoms with E-state index in [1.807, 2.05) is 47.9 Å². The first-order chi connectivity index (χ1) is 24.1. The number of para-hydroxylation sites is 1. The molecular formula is C33H39N7O10. The molecule has 1 heterocycles. The number of nitrogens with zero attached hydrogens (tertiary/aromatic N) is 5. The van der Waals surface area contributed by atoms with Crippen LogP contribution in [0.1, 0.15) is 48.2 Å². The molecule has 17 heteroatoms. The highest BCUT2D eigenvalue weighted by atomic mass is 16.9. The number of methoxy groups -OCH3 is 1. The smallest absolute Gasteiger partial charge is 0.465 e. The minimum absolute atomic E-state index is 0.0153. The largest absolute Gasteiger partial charge is 0.510 e. The average molecular weight is 694 g/mol. The Morgan fingerprint density at radius 2 is 1.74 bits per heavy atom. The summed E-state index contributed by atoms with van der Waals surface area (Å²) >= 11 is 0. The lowest BCUT2D eigenvalue weighted by molar-refractivity contribution is -0.757. The van der Waals surface area contributed by atoms with Crippen LogP contribution in [0.25, 0.3) is 22.2 Å². The molecule has 0 bridgehead atoms. The summed E-state index contributed by atoms with van der Waals surface area (Å²) in [6, 6.07) is 20.7. The molecule has 0 aliphatic rings. The number of unbranched alkanes of at least 4 members (excludes halogenated alkanes) is 1. The molecule has 50 heavy (non-hydrogen) atoms. The van der Waals surface area contributed by atoms with Crippen molar-refractivity contribution in [3.63, 3.8) is 0 Å². The molecule has 266 valence electrons. The lowest BCUT2D eigenvalue weighted by Gasteiger charge is -2.16. The number of hydrazone groups is 1. The van der Waals surface area contributed by atoms with Gasteiger partial charge in [0.2, 0.25) is 0 Å². The Morgan fingerprint density at radius 1 is 1.02 bits per heavy atom. The van der Waals surface area contributed by atoms with Gasteiger partial charge in [0.05, 0.1) is 43.0 Å². The van der Waals surface area contributed by atoms with Gasteiger partial charge in [0, 0.05) is 12.7 Å². The summed E-state index contributed by atoms with van der Waals surface area (Å²) in [6.07, 6.45) is -1.04. The summed E-state index contributed by atoms with van der Waals surface area (Å²) < 4.78 is 28.0. The number of imidazole rings is 1. The number of carbonyl (C=O) groups excluding carboxylic acids is 2. The number of rotatable bonds is 18. The first-order valence-electron chi connectivity index (χ1n) is 15.6. The normalized spacial score (nSPS) is 11.9. The van der Waals surface area contributed by atoms with Crippen molar-refractivity contribution < 1.29 is 43.2 Å². The van der Waals surface area contributed by atoms with Crippen LogP contribution in [-0.4, -0.2) is 77.7 Å². The van der Waals surface area contributed by atoms with Gasteiger partial charge in [-0.15, -0.1) is 15.2 Å². The molecule has 0 fully saturated rings. The third-order valence-corrected chi connectivity index (χ3v) is 7.14. The molecule has 17 nitrogen and oxygen atoms in total. The van der Waals surface area contributed by atoms with Crippen LogP contribution in [0.4, 0.5) is 4.79 Å². The summed E-state index contributed by atoms with van der Waals surface area (Å²) in [4.78, 5) is 43.8. The van der Waals surface area contributed by atoms with E-state index in [0.29, 0.717) is 54.2 Å². The van der Waals surface area contributed by atoms with E-state index in [2.05, 4.69) is 14.9 Å². The van der Waals surface area contributed by atoms with Gasteiger partial charge in [-0.3, -0.25) is 4.57 Å². The van der Waals surface area contributed by atoms with Crippen molar-refractivity contribution in [2.75, 3.05) is 33.7 Å². The molecule has 0 aliphatic heterocycles. The molecular weight excluding hydrogens is 654 g/mol. The zero-order chi connectivity index (χ0) is 36.0. The van der Waals surface area contributed by atoms with Gasteiger partial charge in [-0.1, -0.05) is 54.6 Å². The number of ether oxygens (including phenoxy) is 5. The fraction of sp³-hybridized carbons (Fsp3) is 0.333. The molecule has 0 saturated carbocycles. The van der Waals surface area contributed by atoms with E-state index in [9.17, 15) is 19.7 Å². The monoisotopic (exact) mass is 693 g/mol. The summed E-state index contributed by atoms with van der Waals surface area (Å²) in [5.74, 6) is 5.42. The number of hydrazine groups is 1. The van der Waals surface area contributed by atoms with Crippen molar-refractivity contribution in [3.8, 4) is 17.1 Å². The van der Waals surface area contributed by atoms with E-state index in [1.54, 1.807) is 37.3 Å². The first-order valence-corrected chi connectivity index (χ1v) is 15.6. The van der Waals surface area contributed by atoms with Gasteiger partial charge < -0.3 is 34.3 Å². The number of amidine groups is 1. The molecule has 0 radical (unpaired) electrons. The lowest BCUT2D eigenvalue weighted by atomic mass is 9.98. The third-order valence-electron chi connectivity index (χ3n) is 7.14. The van der Waals surface area contributed by atoms with E-state index >= 15 is 0 Å². The average Bonchev–Trinajstić information content (AvgIpc) is 3.45. The lowest BCUT2D eigenvalue weighted by Crippen LogP contribution is -2.33. The summed E-state index contributed by atoms with van der Waals surface area (Å²) in [7, 11) is 1.46. The van der Waals surface area contributed by atoms with Gasteiger partial charge in [-0.25, -0.2) is 15.4 Å². The first kappa shape index (κ1) is 36.9. The van der Waals surface area contributed by atoms with Crippen molar-refractivity contribution in [3.05, 3.63) is 93.5 Å². The second-order valence-corrected chi connectivity index (χ2v) is 10.6. The molecule has 0 spiro atoms. The SMILES string of the molecule is CCOc1nc2cccc(C(=O)OC(C)OC)c2n1Cc1ccc(-c2ccccc2/C(N)=N/N(N)COC(=O)OCCCCO[N+](=O)[O-])cc1. The van der Waals surface area contributed by atoms with E-state index in [-0.39, 0.29) is 19.0 Å². The summed E-state index contributed by atoms with van der Waals surface area (Å²) in [5, 5.41) is 14.2. The number of esters is 1. The molecule has 4 rings (SSSR count). The van der Waals surface area contributed by atoms with Gasteiger partial charge in [-0.2, -0.15) is 10.1 Å². The standard InChI is InChI=1S/C33H39N7O10/c1-4-46-32-36-28-13-9-12-27(31(41)50-22(2)45-3)29(28)38(32)20-23-14-16-24(17-15-23)25-10-5-6-11-26(25)30(34)37-39(35)21-48-33(42)47-18-7-8-19-49-40(43)44/h5-6,9-17,22H,4,7-8,18-21,35H2,1-3H3,(H2,34,37). The van der Waals surface area contributed by atoms with Crippen LogP contribution in [-0.2, 0) is 30.3 Å². The number of benzene rings is 3. The van der Waals surface area contributed by atoms with Crippen LogP contribution < -0.4 is 16.3 Å². The predicted molar refractivity (Wildman–Crippen MR) is 180 cm³/mol. The molecule has 4 aromatic rings. The molecule has 0 amide bonds. The highest BCUT2D eigenvalue weighted by Gasteiger charge is 2.22. The molecule has 3 aromatic carbocycles. The Kier molecular flexibility index (Phi) is 13.3. The maximum Gasteiger partial charge on any atom is 0.510 e. The van der Waals surface area contributed by atoms with E-state index < -0.39 is 30.2 Å². The van der Waals surface area contributed by atoms with Crippen molar-refractivity contribution in [1.82, 2.24) is 14.7 Å². The maximum atomic E-state index is 13.0. The van der Waals surface area contributed by atoms with Gasteiger partial charge in [-0.05, 0) is 55.5 Å². The minimum atomic E-state index is -0.987. The maximum absolute atomic E-state index is 13.0. The molecule has 0 aliphatic carbocycles. The Balaban J connectivity index is 1.46. The van der Waals surface area contributed by atoms with Gasteiger partial charge in [0.15, 0.2) is 18.9 Å². The van der Waals surface area contributed by atoms with Crippen molar-refractivity contribution in [1.29, 1.82) is 0 Å². The number of hydrogen-bond donors (Lipinski definition) is 2. The number of fused-ring (bicyclic) bond motifs is 1. The fourth-order valence-corrected chi connectivity index (χ4v) is 4.79. The Morgan fingerprint density at radius 3 is 2.46 bits per heavy atom. The second kappa shape index (κ2) is 18.0. The second-order valence-electron chi connectivity index (χ2n) is 10.6. The van der Waals surface area contributed by atoms with Crippen LogP contribution in [0.3, 0.4) is 0 Å². The van der Waals surface area contributed by atoms with Crippen LogP contribution in [0.15, 0.2) is 71.8 Å². The van der Waals surface area contributed by atoms with E-state index in [4.69, 9.17) is 35.3 Å². The topological polar surface area (TPSA) is 218 Å². The number of hydrogen-bond acceptors (Lipinski definition) is 14. The quantitative estimate of drug-likeness (QED) is 0.0218. The van der Waals surface area contributed by atoms with Gasteiger partial charge in [0.1, 0.15) is 0 Å². The van der Waals surface area contributed by atoms with Crippen molar-refractivity contribution in [2.45, 2.75) is 39.5 Å². The molecule has 0 saturated heterocycles. The number of nitrogens with two attached hydrogens (primary N) is 2. The minimum Gasteiger partial charge on any atom is -0.465 e. The van der Waals surface area contributed by atoms with E-state index in [1.165, 1.54) is 7.11 Å². The highest BCUT2D eigenvalue weighted by molar-refractivity contribution is 6.03. The molecule has 4 N–H and O–H groups in total. The molecule has 1 aromatic heterocycles. The predicted octanol–water partition coefficient (Wildman–Crippen LogP) is 4.19. The molecule has 1 atom stereocenters. The Labute approximate surface area is 287 Å². The summed E-state index contributed by atoms with van der Waals surface area (Å²) in [6.45, 7) is 3.66. The van der Waals surface area contributed by atoms with Gasteiger partial charge >= 0.3 is 12.1 Å². The molecule has 1 unspecified atom stereocenters. The zero-order valence-electron chi connectivity index (χ0n) is 27.9. The zero-order valence-corrected chi connectivity index (χ0v) is 27.9. The van der Waals surface area contributed by atoms with Crippen LogP contribution >= 0.6 is 0 Å². The fourth-order valence-electron chi connectivity index (χ4n) is 4.79. The number of aromatic nitrogens is 2.